The summed E-state index contributed by atoms with van der Waals surface area (Å²) < 4.78 is 14.9. The number of fused-ring (bicyclic) bond motifs is 1. The van der Waals surface area contributed by atoms with E-state index >= 15 is 0 Å². The molecule has 0 aliphatic carbocycles. The maximum atomic E-state index is 13.2. The second-order valence-corrected chi connectivity index (χ2v) is 4.57. The van der Waals surface area contributed by atoms with E-state index in [2.05, 4.69) is 14.9 Å². The summed E-state index contributed by atoms with van der Waals surface area (Å²) in [5, 5.41) is 5.25. The van der Waals surface area contributed by atoms with Crippen molar-refractivity contribution in [3.63, 3.8) is 0 Å². The van der Waals surface area contributed by atoms with E-state index in [1.165, 1.54) is 12.1 Å². The number of nitrogens with zero attached hydrogens (tertiary/aromatic N) is 4. The van der Waals surface area contributed by atoms with Crippen molar-refractivity contribution in [3.8, 4) is 0 Å². The summed E-state index contributed by atoms with van der Waals surface area (Å²) in [4.78, 5) is 7.37. The molecule has 0 saturated heterocycles. The molecule has 21 heavy (non-hydrogen) atoms. The van der Waals surface area contributed by atoms with Crippen molar-refractivity contribution in [2.24, 2.45) is 7.05 Å². The Morgan fingerprint density at radius 3 is 2.90 bits per heavy atom. The molecule has 2 aromatic heterocycles. The molecule has 0 unspecified atom stereocenters. The van der Waals surface area contributed by atoms with Gasteiger partial charge in [-0.3, -0.25) is 4.68 Å². The van der Waals surface area contributed by atoms with Gasteiger partial charge >= 0.3 is 0 Å². The maximum absolute atomic E-state index is 13.2. The third-order valence-electron chi connectivity index (χ3n) is 3.15. The highest BCUT2D eigenvalue weighted by atomic mass is 19.1. The smallest absolute Gasteiger partial charge is 0.270 e. The van der Waals surface area contributed by atoms with E-state index in [9.17, 15) is 4.39 Å². The highest BCUT2D eigenvalue weighted by Gasteiger charge is 2.08. The minimum absolute atomic E-state index is 0.275. The molecule has 0 bridgehead atoms. The van der Waals surface area contributed by atoms with E-state index in [4.69, 9.17) is 6.57 Å². The second-order valence-electron chi connectivity index (χ2n) is 4.57. The van der Waals surface area contributed by atoms with Gasteiger partial charge in [-0.05, 0) is 29.8 Å². The van der Waals surface area contributed by atoms with E-state index in [-0.39, 0.29) is 5.82 Å². The molecule has 0 spiro atoms. The van der Waals surface area contributed by atoms with Crippen LogP contribution in [0.1, 0.15) is 11.3 Å². The number of hydrogen-bond acceptors (Lipinski definition) is 2. The lowest BCUT2D eigenvalue weighted by molar-refractivity contribution is 0.627. The SMILES string of the molecule is [C-]#[N+]c1cc2c(/C=C/c3cccc(F)c3)nn(C)c2cn1. The summed E-state index contributed by atoms with van der Waals surface area (Å²) in [6.07, 6.45) is 5.24. The molecule has 0 fully saturated rings. The Bertz CT molecular complexity index is 887. The molecule has 1 aromatic carbocycles. The molecule has 4 nitrogen and oxygen atoms in total. The molecule has 0 N–H and O–H groups in total. The summed E-state index contributed by atoms with van der Waals surface area (Å²) in [6.45, 7) is 7.03. The Hall–Kier alpha value is -3.00. The zero-order valence-corrected chi connectivity index (χ0v) is 11.3. The number of benzene rings is 1. The van der Waals surface area contributed by atoms with Gasteiger partial charge in [0.25, 0.3) is 5.82 Å². The van der Waals surface area contributed by atoms with Crippen LogP contribution in [-0.2, 0) is 7.05 Å². The van der Waals surface area contributed by atoms with Gasteiger partial charge in [-0.15, -0.1) is 4.98 Å². The first-order valence-corrected chi connectivity index (χ1v) is 6.31. The molecule has 0 amide bonds. The lowest BCUT2D eigenvalue weighted by Gasteiger charge is -1.93. The van der Waals surface area contributed by atoms with Crippen molar-refractivity contribution >= 4 is 28.9 Å². The molecule has 0 radical (unpaired) electrons. The van der Waals surface area contributed by atoms with Crippen LogP contribution in [0.15, 0.2) is 36.5 Å². The fourth-order valence-electron chi connectivity index (χ4n) is 2.14. The molecule has 3 rings (SSSR count). The summed E-state index contributed by atoms with van der Waals surface area (Å²) in [5.41, 5.74) is 2.33. The van der Waals surface area contributed by atoms with Gasteiger partial charge in [-0.25, -0.2) is 4.39 Å². The molecule has 0 aliphatic rings. The van der Waals surface area contributed by atoms with Gasteiger partial charge in [0.1, 0.15) is 17.5 Å². The zero-order chi connectivity index (χ0) is 14.8. The monoisotopic (exact) mass is 278 g/mol. The van der Waals surface area contributed by atoms with Crippen LogP contribution in [0.3, 0.4) is 0 Å². The van der Waals surface area contributed by atoms with Crippen molar-refractivity contribution in [1.82, 2.24) is 14.8 Å². The van der Waals surface area contributed by atoms with Gasteiger partial charge in [0.05, 0.1) is 5.69 Å². The van der Waals surface area contributed by atoms with E-state index in [0.717, 1.165) is 22.2 Å². The highest BCUT2D eigenvalue weighted by Crippen LogP contribution is 2.23. The normalized spacial score (nSPS) is 11.1. The van der Waals surface area contributed by atoms with Crippen molar-refractivity contribution in [2.45, 2.75) is 0 Å². The largest absolute Gasteiger partial charge is 0.361 e. The number of halogens is 1. The summed E-state index contributed by atoms with van der Waals surface area (Å²) in [5.74, 6) is 0.0541. The van der Waals surface area contributed by atoms with Crippen molar-refractivity contribution in [1.29, 1.82) is 0 Å². The number of aryl methyl sites for hydroxylation is 1. The van der Waals surface area contributed by atoms with Gasteiger partial charge < -0.3 is 4.85 Å². The summed E-state index contributed by atoms with van der Waals surface area (Å²) in [6, 6.07) is 8.04. The Kier molecular flexibility index (Phi) is 3.20. The molecule has 5 heteroatoms. The minimum atomic E-state index is -0.275. The third-order valence-corrected chi connectivity index (χ3v) is 3.15. The summed E-state index contributed by atoms with van der Waals surface area (Å²) in [7, 11) is 1.82. The predicted octanol–water partition coefficient (Wildman–Crippen LogP) is 3.83. The van der Waals surface area contributed by atoms with Gasteiger partial charge in [-0.1, -0.05) is 24.8 Å². The topological polar surface area (TPSA) is 35.1 Å². The number of hydrogen-bond donors (Lipinski definition) is 0. The van der Waals surface area contributed by atoms with Crippen molar-refractivity contribution in [3.05, 3.63) is 65.0 Å². The van der Waals surface area contributed by atoms with Gasteiger partial charge in [-0.2, -0.15) is 5.10 Å². The summed E-state index contributed by atoms with van der Waals surface area (Å²) >= 11 is 0. The van der Waals surface area contributed by atoms with E-state index < -0.39 is 0 Å². The van der Waals surface area contributed by atoms with E-state index in [1.807, 2.05) is 19.2 Å². The van der Waals surface area contributed by atoms with Crippen LogP contribution in [0.25, 0.3) is 27.9 Å². The first-order valence-electron chi connectivity index (χ1n) is 6.31. The van der Waals surface area contributed by atoms with E-state index in [0.29, 0.717) is 5.82 Å². The van der Waals surface area contributed by atoms with Gasteiger partial charge in [0.2, 0.25) is 0 Å². The van der Waals surface area contributed by atoms with Crippen molar-refractivity contribution < 1.29 is 4.39 Å². The van der Waals surface area contributed by atoms with Crippen LogP contribution in [0.5, 0.6) is 0 Å². The fraction of sp³-hybridized carbons (Fsp3) is 0.0625. The van der Waals surface area contributed by atoms with Crippen molar-refractivity contribution in [2.75, 3.05) is 0 Å². The molecular weight excluding hydrogens is 267 g/mol. The van der Waals surface area contributed by atoms with Crippen LogP contribution >= 0.6 is 0 Å². The Morgan fingerprint density at radius 1 is 1.29 bits per heavy atom. The first kappa shape index (κ1) is 13.0. The molecular formula is C16H11FN4. The van der Waals surface area contributed by atoms with Crippen LogP contribution in [0.2, 0.25) is 0 Å². The molecule has 2 heterocycles. The lowest BCUT2D eigenvalue weighted by Crippen LogP contribution is -1.89. The molecule has 0 saturated carbocycles. The predicted molar refractivity (Wildman–Crippen MR) is 80.1 cm³/mol. The molecule has 0 aliphatic heterocycles. The lowest BCUT2D eigenvalue weighted by atomic mass is 10.1. The second kappa shape index (κ2) is 5.17. The Morgan fingerprint density at radius 2 is 2.14 bits per heavy atom. The number of rotatable bonds is 2. The average molecular weight is 278 g/mol. The Labute approximate surface area is 121 Å². The average Bonchev–Trinajstić information content (AvgIpc) is 2.81. The third kappa shape index (κ3) is 2.51. The number of aromatic nitrogens is 3. The Balaban J connectivity index is 2.06. The quantitative estimate of drug-likeness (QED) is 0.668. The van der Waals surface area contributed by atoms with Crippen LogP contribution in [0.4, 0.5) is 10.2 Å². The van der Waals surface area contributed by atoms with Crippen LogP contribution in [-0.4, -0.2) is 14.8 Å². The highest BCUT2D eigenvalue weighted by molar-refractivity contribution is 5.90. The molecule has 102 valence electrons. The number of pyridine rings is 1. The first-order chi connectivity index (χ1) is 10.2. The zero-order valence-electron chi connectivity index (χ0n) is 11.3. The van der Waals surface area contributed by atoms with Crippen LogP contribution in [0, 0.1) is 12.4 Å². The van der Waals surface area contributed by atoms with E-state index in [1.54, 1.807) is 29.1 Å². The fourth-order valence-corrected chi connectivity index (χ4v) is 2.14. The standard InChI is InChI=1S/C16H11FN4/c1-18-16-9-13-14(20-21(2)15(13)10-19-16)7-6-11-4-3-5-12(17)8-11/h3-10H,2H3/b7-6+. The molecule has 3 aromatic rings. The van der Waals surface area contributed by atoms with Gasteiger partial charge in [0, 0.05) is 12.4 Å². The van der Waals surface area contributed by atoms with Crippen LogP contribution < -0.4 is 0 Å². The maximum Gasteiger partial charge on any atom is 0.270 e. The molecule has 0 atom stereocenters. The minimum Gasteiger partial charge on any atom is -0.361 e. The van der Waals surface area contributed by atoms with Gasteiger partial charge in [0.15, 0.2) is 0 Å².